The van der Waals surface area contributed by atoms with Crippen LogP contribution >= 0.6 is 0 Å². The third-order valence-corrected chi connectivity index (χ3v) is 8.32. The van der Waals surface area contributed by atoms with Crippen LogP contribution in [0.4, 0.5) is 35.1 Å². The first kappa shape index (κ1) is 33.7. The van der Waals surface area contributed by atoms with Gasteiger partial charge in [-0.3, -0.25) is 18.2 Å². The van der Waals surface area contributed by atoms with Crippen LogP contribution in [-0.4, -0.2) is 51.9 Å². The van der Waals surface area contributed by atoms with Crippen molar-refractivity contribution in [3.8, 4) is 11.1 Å². The highest BCUT2D eigenvalue weighted by molar-refractivity contribution is 7.87. The molecule has 226 valence electrons. The molecule has 0 fully saturated rings. The molecule has 0 aliphatic heterocycles. The van der Waals surface area contributed by atoms with Gasteiger partial charge in [-0.15, -0.1) is 0 Å². The van der Waals surface area contributed by atoms with Gasteiger partial charge >= 0.3 is 61.5 Å². The maximum atomic E-state index is 15.1. The van der Waals surface area contributed by atoms with Crippen molar-refractivity contribution >= 4 is 40.5 Å². The van der Waals surface area contributed by atoms with Gasteiger partial charge in [0.2, 0.25) is 0 Å². The second-order valence-corrected chi connectivity index (χ2v) is 13.3. The molecule has 40 heavy (non-hydrogen) atoms. The Morgan fingerprint density at radius 2 is 0.800 bits per heavy atom. The number of hydrogen-bond acceptors (Lipinski definition) is 8. The lowest BCUT2D eigenvalue weighted by Crippen LogP contribution is -2.41. The Bertz CT molecular complexity index is 1790. The molecule has 0 radical (unpaired) electrons. The lowest BCUT2D eigenvalue weighted by atomic mass is 9.88. The van der Waals surface area contributed by atoms with Crippen molar-refractivity contribution in [2.75, 3.05) is 0 Å². The van der Waals surface area contributed by atoms with E-state index in [2.05, 4.69) is 0 Å². The highest BCUT2D eigenvalue weighted by Gasteiger charge is 2.65. The molecule has 0 amide bonds. The molecule has 0 bridgehead atoms. The van der Waals surface area contributed by atoms with E-state index < -0.39 is 101 Å². The van der Waals surface area contributed by atoms with Crippen LogP contribution in [0, 0.1) is 0 Å². The van der Waals surface area contributed by atoms with Crippen LogP contribution in [0.25, 0.3) is 11.1 Å². The number of alkyl halides is 8. The van der Waals surface area contributed by atoms with Gasteiger partial charge in [-0.25, -0.2) is 0 Å². The zero-order chi connectivity index (χ0) is 31.7. The average molecular weight is 674 g/mol. The van der Waals surface area contributed by atoms with Gasteiger partial charge in [-0.05, 0) is 17.2 Å². The molecule has 0 aliphatic rings. The topological polar surface area (TPSA) is 217 Å². The largest absolute Gasteiger partial charge is 0.396 e. The lowest BCUT2D eigenvalue weighted by molar-refractivity contribution is 0.0305. The summed E-state index contributed by atoms with van der Waals surface area (Å²) < 4.78 is 247. The summed E-state index contributed by atoms with van der Waals surface area (Å²) in [5.41, 5.74) is -18.3. The van der Waals surface area contributed by atoms with E-state index in [9.17, 15) is 51.2 Å². The van der Waals surface area contributed by atoms with Crippen LogP contribution in [0.3, 0.4) is 0 Å². The Morgan fingerprint density at radius 1 is 0.475 bits per heavy atom. The van der Waals surface area contributed by atoms with Crippen LogP contribution in [0.5, 0.6) is 0 Å². The van der Waals surface area contributed by atoms with Crippen LogP contribution in [0.1, 0.15) is 22.3 Å². The van der Waals surface area contributed by atoms with E-state index in [1.807, 2.05) is 0 Å². The summed E-state index contributed by atoms with van der Waals surface area (Å²) in [6, 6.07) is 2.43. The minimum absolute atomic E-state index is 0.449. The molecule has 0 saturated heterocycles. The van der Waals surface area contributed by atoms with Crippen molar-refractivity contribution in [1.29, 1.82) is 0 Å². The summed E-state index contributed by atoms with van der Waals surface area (Å²) in [7, 11) is -29.5. The summed E-state index contributed by atoms with van der Waals surface area (Å²) in [6.07, 6.45) is 0. The quantitative estimate of drug-likeness (QED) is 0.223. The average Bonchev–Trinajstić information content (AvgIpc) is 2.74. The predicted molar refractivity (Wildman–Crippen MR) is 114 cm³/mol. The van der Waals surface area contributed by atoms with Gasteiger partial charge in [0.15, 0.2) is 0 Å². The molecule has 2 rings (SSSR count). The van der Waals surface area contributed by atoms with E-state index in [0.717, 1.165) is 18.2 Å². The van der Waals surface area contributed by atoms with Crippen molar-refractivity contribution in [2.45, 2.75) is 21.0 Å². The van der Waals surface area contributed by atoms with Gasteiger partial charge in [-0.2, -0.15) is 68.8 Å². The molecule has 0 aliphatic carbocycles. The number of halogens is 8. The van der Waals surface area contributed by atoms with Crippen LogP contribution in [0.2, 0.25) is 0 Å². The summed E-state index contributed by atoms with van der Waals surface area (Å²) in [4.78, 5) is 0. The zero-order valence-electron chi connectivity index (χ0n) is 18.2. The van der Waals surface area contributed by atoms with E-state index in [4.69, 9.17) is 18.2 Å². The molecular weight excluding hydrogens is 664 g/mol. The predicted octanol–water partition coefficient (Wildman–Crippen LogP) is 3.10. The molecule has 0 atom stereocenters. The molecular formula is C16H10F8O12S4. The molecule has 2 aromatic rings. The second kappa shape index (κ2) is 9.53. The summed E-state index contributed by atoms with van der Waals surface area (Å²) in [5.74, 6) is 0. The maximum absolute atomic E-state index is 15.1. The molecule has 0 unspecified atom stereocenters. The molecule has 2 aromatic carbocycles. The number of benzene rings is 2. The summed E-state index contributed by atoms with van der Waals surface area (Å²) in [5, 5.41) is -26.7. The van der Waals surface area contributed by atoms with Gasteiger partial charge in [0.25, 0.3) is 0 Å². The normalized spacial score (nSPS) is 14.8. The summed E-state index contributed by atoms with van der Waals surface area (Å²) >= 11 is 0. The van der Waals surface area contributed by atoms with E-state index in [1.165, 1.54) is 0 Å². The molecule has 0 spiro atoms. The van der Waals surface area contributed by atoms with E-state index in [-0.39, 0.29) is 0 Å². The Hall–Kier alpha value is -2.48. The Kier molecular flexibility index (Phi) is 8.04. The molecule has 0 aromatic heterocycles. The molecule has 12 nitrogen and oxygen atoms in total. The van der Waals surface area contributed by atoms with Crippen molar-refractivity contribution in [1.82, 2.24) is 0 Å². The molecule has 0 saturated carbocycles. The van der Waals surface area contributed by atoms with Gasteiger partial charge in [0, 0.05) is 0 Å². The SMILES string of the molecule is O=S(=O)(O)C(F)(F)c1cc(-c2ccccc2)c(C(F)(F)S(=O)(=O)O)c(C(F)(F)S(=O)(=O)O)c1C(F)(F)S(=O)(=O)O. The smallest absolute Gasteiger partial charge is 0.281 e. The molecule has 24 heteroatoms. The minimum Gasteiger partial charge on any atom is -0.281 e. The van der Waals surface area contributed by atoms with Crippen molar-refractivity contribution in [3.05, 3.63) is 58.7 Å². The Labute approximate surface area is 218 Å². The standard InChI is InChI=1S/C16H10F8O12S4/c17-13(18,37(25,26)27)9-6-8(7-4-2-1-3-5-7)10(14(19,20)38(28,29)30)12(16(23,24)40(34,35)36)11(9)15(21,22)39(31,32)33/h1-6H,(H,25,26,27)(H,28,29,30)(H,31,32,33)(H,34,35,36). The van der Waals surface area contributed by atoms with Gasteiger partial charge in [0.05, 0.1) is 22.3 Å². The van der Waals surface area contributed by atoms with Crippen LogP contribution < -0.4 is 0 Å². The van der Waals surface area contributed by atoms with E-state index in [1.54, 1.807) is 0 Å². The Morgan fingerprint density at radius 3 is 1.15 bits per heavy atom. The maximum Gasteiger partial charge on any atom is 0.396 e. The zero-order valence-corrected chi connectivity index (χ0v) is 21.4. The third-order valence-electron chi connectivity index (χ3n) is 4.89. The highest BCUT2D eigenvalue weighted by Crippen LogP contribution is 2.56. The number of rotatable bonds is 9. The highest BCUT2D eigenvalue weighted by atomic mass is 32.2. The molecule has 4 N–H and O–H groups in total. The first-order chi connectivity index (χ1) is 17.5. The Balaban J connectivity index is 3.75. The van der Waals surface area contributed by atoms with Gasteiger partial charge in [-0.1, -0.05) is 30.3 Å². The van der Waals surface area contributed by atoms with Crippen molar-refractivity contribution < 1.29 is 87.0 Å². The summed E-state index contributed by atoms with van der Waals surface area (Å²) in [6.45, 7) is 0. The van der Waals surface area contributed by atoms with Gasteiger partial charge in [0.1, 0.15) is 0 Å². The van der Waals surface area contributed by atoms with E-state index in [0.29, 0.717) is 12.1 Å². The first-order valence-corrected chi connectivity index (χ1v) is 14.9. The number of hydrogen-bond donors (Lipinski definition) is 4. The second-order valence-electron chi connectivity index (χ2n) is 7.43. The first-order valence-electron chi connectivity index (χ1n) is 9.13. The lowest BCUT2D eigenvalue weighted by Gasteiger charge is -2.31. The monoisotopic (exact) mass is 674 g/mol. The van der Waals surface area contributed by atoms with E-state index >= 15 is 17.6 Å². The van der Waals surface area contributed by atoms with Gasteiger partial charge < -0.3 is 0 Å². The van der Waals surface area contributed by atoms with Crippen molar-refractivity contribution in [3.63, 3.8) is 0 Å². The fourth-order valence-electron chi connectivity index (χ4n) is 3.18. The van der Waals surface area contributed by atoms with Crippen LogP contribution in [0.15, 0.2) is 36.4 Å². The fourth-order valence-corrected chi connectivity index (χ4v) is 5.02. The third kappa shape index (κ3) is 5.28. The fraction of sp³-hybridized carbons (Fsp3) is 0.250. The van der Waals surface area contributed by atoms with Crippen LogP contribution in [-0.2, 0) is 61.5 Å². The van der Waals surface area contributed by atoms with Crippen molar-refractivity contribution in [2.24, 2.45) is 0 Å². The minimum atomic E-state index is -7.52. The molecule has 0 heterocycles.